The number of amides is 1. The van der Waals surface area contributed by atoms with E-state index in [4.69, 9.17) is 0 Å². The Kier molecular flexibility index (Phi) is 3.46. The van der Waals surface area contributed by atoms with E-state index in [0.717, 1.165) is 17.6 Å². The van der Waals surface area contributed by atoms with Crippen LogP contribution in [-0.4, -0.2) is 23.2 Å². The highest BCUT2D eigenvalue weighted by molar-refractivity contribution is 6.35. The summed E-state index contributed by atoms with van der Waals surface area (Å²) < 4.78 is 0. The molecule has 0 aliphatic carbocycles. The van der Waals surface area contributed by atoms with Crippen molar-refractivity contribution in [2.75, 3.05) is 6.54 Å². The summed E-state index contributed by atoms with van der Waals surface area (Å²) in [5, 5.41) is 3.78. The normalized spacial score (nSPS) is 10.6. The summed E-state index contributed by atoms with van der Waals surface area (Å²) in [5.41, 5.74) is 3.39. The zero-order valence-corrected chi connectivity index (χ0v) is 10.5. The highest BCUT2D eigenvalue weighted by atomic mass is 16.2. The van der Waals surface area contributed by atoms with Crippen molar-refractivity contribution in [2.24, 2.45) is 0 Å². The Morgan fingerprint density at radius 2 is 2.00 bits per heavy atom. The number of rotatable bonds is 4. The van der Waals surface area contributed by atoms with Gasteiger partial charge in [0.05, 0.1) is 0 Å². The van der Waals surface area contributed by atoms with E-state index in [1.165, 1.54) is 17.9 Å². The maximum absolute atomic E-state index is 11.2. The molecule has 2 aromatic rings. The van der Waals surface area contributed by atoms with Crippen LogP contribution in [0, 0.1) is 6.92 Å². The van der Waals surface area contributed by atoms with E-state index in [2.05, 4.69) is 16.4 Å². The third-order valence-electron chi connectivity index (χ3n) is 3.01. The molecule has 94 valence electrons. The number of ketones is 1. The number of para-hydroxylation sites is 1. The van der Waals surface area contributed by atoms with Crippen LogP contribution in [0.15, 0.2) is 24.3 Å². The largest absolute Gasteiger partial charge is 0.358 e. The minimum Gasteiger partial charge on any atom is -0.358 e. The van der Waals surface area contributed by atoms with Gasteiger partial charge in [0.1, 0.15) is 0 Å². The van der Waals surface area contributed by atoms with E-state index in [9.17, 15) is 9.59 Å². The van der Waals surface area contributed by atoms with Crippen molar-refractivity contribution >= 4 is 22.6 Å². The van der Waals surface area contributed by atoms with Gasteiger partial charge in [-0.15, -0.1) is 0 Å². The number of aryl methyl sites for hydroxylation is 1. The Balaban J connectivity index is 2.10. The molecule has 0 saturated carbocycles. The second-order valence-corrected chi connectivity index (χ2v) is 4.34. The molecule has 0 saturated heterocycles. The molecule has 2 N–H and O–H groups in total. The second-order valence-electron chi connectivity index (χ2n) is 4.34. The van der Waals surface area contributed by atoms with Gasteiger partial charge in [-0.05, 0) is 25.0 Å². The number of hydrogen-bond donors (Lipinski definition) is 2. The number of aromatic amines is 1. The molecule has 1 aromatic carbocycles. The fraction of sp³-hybridized carbons (Fsp3) is 0.286. The summed E-state index contributed by atoms with van der Waals surface area (Å²) in [6, 6.07) is 8.06. The van der Waals surface area contributed by atoms with Gasteiger partial charge in [0.25, 0.3) is 5.91 Å². The number of carbonyl (C=O) groups is 2. The highest BCUT2D eigenvalue weighted by Gasteiger charge is 2.09. The maximum Gasteiger partial charge on any atom is 0.287 e. The van der Waals surface area contributed by atoms with Gasteiger partial charge in [0.2, 0.25) is 5.78 Å². The zero-order chi connectivity index (χ0) is 13.1. The monoisotopic (exact) mass is 244 g/mol. The molecule has 0 spiro atoms. The van der Waals surface area contributed by atoms with Crippen molar-refractivity contribution in [1.82, 2.24) is 10.3 Å². The lowest BCUT2D eigenvalue weighted by Crippen LogP contribution is -2.30. The van der Waals surface area contributed by atoms with Gasteiger partial charge in [-0.3, -0.25) is 9.59 Å². The van der Waals surface area contributed by atoms with Crippen LogP contribution in [0.1, 0.15) is 18.2 Å². The van der Waals surface area contributed by atoms with Gasteiger partial charge in [0.15, 0.2) is 0 Å². The van der Waals surface area contributed by atoms with E-state index in [1.807, 2.05) is 25.1 Å². The minimum atomic E-state index is -0.521. The Morgan fingerprint density at radius 3 is 2.72 bits per heavy atom. The number of H-pyrrole nitrogens is 1. The lowest BCUT2D eigenvalue weighted by Gasteiger charge is -2.03. The van der Waals surface area contributed by atoms with Crippen LogP contribution in [-0.2, 0) is 16.0 Å². The Hall–Kier alpha value is -2.10. The topological polar surface area (TPSA) is 62.0 Å². The molecule has 0 bridgehead atoms. The SMILES string of the molecule is CC(=O)C(=O)NCCc1c(C)[nH]c2ccccc12. The first-order valence-electron chi connectivity index (χ1n) is 5.94. The molecule has 1 heterocycles. The van der Waals surface area contributed by atoms with E-state index < -0.39 is 11.7 Å². The van der Waals surface area contributed by atoms with Crippen LogP contribution in [0.5, 0.6) is 0 Å². The van der Waals surface area contributed by atoms with Crippen molar-refractivity contribution in [2.45, 2.75) is 20.3 Å². The van der Waals surface area contributed by atoms with Crippen LogP contribution >= 0.6 is 0 Å². The molecule has 18 heavy (non-hydrogen) atoms. The van der Waals surface area contributed by atoms with Gasteiger partial charge in [-0.1, -0.05) is 18.2 Å². The van der Waals surface area contributed by atoms with Crippen molar-refractivity contribution in [3.8, 4) is 0 Å². The molecule has 0 atom stereocenters. The van der Waals surface area contributed by atoms with Crippen LogP contribution in [0.2, 0.25) is 0 Å². The predicted molar refractivity (Wildman–Crippen MR) is 70.4 cm³/mol. The fourth-order valence-electron chi connectivity index (χ4n) is 2.08. The van der Waals surface area contributed by atoms with Gasteiger partial charge >= 0.3 is 0 Å². The van der Waals surface area contributed by atoms with Crippen LogP contribution < -0.4 is 5.32 Å². The molecule has 4 nitrogen and oxygen atoms in total. The molecule has 2 rings (SSSR count). The van der Waals surface area contributed by atoms with Crippen LogP contribution in [0.3, 0.4) is 0 Å². The predicted octanol–water partition coefficient (Wildman–Crippen LogP) is 1.72. The summed E-state index contributed by atoms with van der Waals surface area (Å²) in [6.07, 6.45) is 0.717. The summed E-state index contributed by atoms with van der Waals surface area (Å²) >= 11 is 0. The van der Waals surface area contributed by atoms with Crippen molar-refractivity contribution in [1.29, 1.82) is 0 Å². The number of nitrogens with one attached hydrogen (secondary N) is 2. The first-order valence-corrected chi connectivity index (χ1v) is 5.94. The van der Waals surface area contributed by atoms with Crippen molar-refractivity contribution in [3.05, 3.63) is 35.5 Å². The van der Waals surface area contributed by atoms with E-state index in [1.54, 1.807) is 0 Å². The molecule has 0 unspecified atom stereocenters. The van der Waals surface area contributed by atoms with Gasteiger partial charge < -0.3 is 10.3 Å². The lowest BCUT2D eigenvalue weighted by molar-refractivity contribution is -0.136. The van der Waals surface area contributed by atoms with Crippen molar-refractivity contribution < 1.29 is 9.59 Å². The molecule has 1 amide bonds. The number of benzene rings is 1. The third kappa shape index (κ3) is 2.42. The van der Waals surface area contributed by atoms with Gasteiger partial charge in [0, 0.05) is 30.1 Å². The average Bonchev–Trinajstić information content (AvgIpc) is 2.65. The van der Waals surface area contributed by atoms with E-state index >= 15 is 0 Å². The van der Waals surface area contributed by atoms with E-state index in [-0.39, 0.29) is 0 Å². The zero-order valence-electron chi connectivity index (χ0n) is 10.5. The molecule has 1 aromatic heterocycles. The van der Waals surface area contributed by atoms with E-state index in [0.29, 0.717) is 6.54 Å². The number of hydrogen-bond acceptors (Lipinski definition) is 2. The summed E-state index contributed by atoms with van der Waals surface area (Å²) in [7, 11) is 0. The molecular weight excluding hydrogens is 228 g/mol. The quantitative estimate of drug-likeness (QED) is 0.804. The van der Waals surface area contributed by atoms with Crippen LogP contribution in [0.4, 0.5) is 0 Å². The Labute approximate surface area is 105 Å². The Bertz CT molecular complexity index is 599. The summed E-state index contributed by atoms with van der Waals surface area (Å²) in [4.78, 5) is 25.3. The first kappa shape index (κ1) is 12.4. The standard InChI is InChI=1S/C14H16N2O2/c1-9-11(7-8-15-14(18)10(2)17)12-5-3-4-6-13(12)16-9/h3-6,16H,7-8H2,1-2H3,(H,15,18). The molecule has 0 aliphatic rings. The first-order chi connectivity index (χ1) is 8.59. The second kappa shape index (κ2) is 5.04. The number of fused-ring (bicyclic) bond motifs is 1. The number of carbonyl (C=O) groups excluding carboxylic acids is 2. The molecule has 4 heteroatoms. The Morgan fingerprint density at radius 1 is 1.28 bits per heavy atom. The molecular formula is C14H16N2O2. The maximum atomic E-state index is 11.2. The van der Waals surface area contributed by atoms with Crippen LogP contribution in [0.25, 0.3) is 10.9 Å². The number of Topliss-reactive ketones (excluding diaryl/α,β-unsaturated/α-hetero) is 1. The van der Waals surface area contributed by atoms with Gasteiger partial charge in [-0.25, -0.2) is 0 Å². The fourth-order valence-corrected chi connectivity index (χ4v) is 2.08. The number of aromatic nitrogens is 1. The van der Waals surface area contributed by atoms with Crippen molar-refractivity contribution in [3.63, 3.8) is 0 Å². The summed E-state index contributed by atoms with van der Waals surface area (Å²) in [5.74, 6) is -0.974. The average molecular weight is 244 g/mol. The molecule has 0 radical (unpaired) electrons. The summed E-state index contributed by atoms with van der Waals surface area (Å²) in [6.45, 7) is 3.76. The highest BCUT2D eigenvalue weighted by Crippen LogP contribution is 2.21. The third-order valence-corrected chi connectivity index (χ3v) is 3.01. The smallest absolute Gasteiger partial charge is 0.287 e. The molecule has 0 aliphatic heterocycles. The minimum absolute atomic E-state index is 0.453. The van der Waals surface area contributed by atoms with Gasteiger partial charge in [-0.2, -0.15) is 0 Å². The molecule has 0 fully saturated rings. The lowest BCUT2D eigenvalue weighted by atomic mass is 10.1.